The molecule has 2 atom stereocenters. The van der Waals surface area contributed by atoms with Crippen molar-refractivity contribution in [3.63, 3.8) is 0 Å². The fourth-order valence-corrected chi connectivity index (χ4v) is 4.73. The summed E-state index contributed by atoms with van der Waals surface area (Å²) in [5.74, 6) is -0.771. The number of benzene rings is 1. The number of ether oxygens (including phenoxy) is 1. The summed E-state index contributed by atoms with van der Waals surface area (Å²) in [6, 6.07) is 6.69. The molecule has 2 aliphatic heterocycles. The number of hydrogen-bond acceptors (Lipinski definition) is 5. The summed E-state index contributed by atoms with van der Waals surface area (Å²) in [7, 11) is -1.49. The third-order valence-electron chi connectivity index (χ3n) is 4.27. The number of amides is 1. The number of fused-ring (bicyclic) bond motifs is 1. The molecule has 0 radical (unpaired) electrons. The molecule has 2 heterocycles. The topological polar surface area (TPSA) is 80.8 Å². The Balaban J connectivity index is 1.75. The van der Waals surface area contributed by atoms with Crippen molar-refractivity contribution in [3.8, 4) is 0 Å². The Hall–Kier alpha value is -1.89. The maximum atomic E-state index is 12.5. The second kappa shape index (κ2) is 5.39. The number of esters is 1. The van der Waals surface area contributed by atoms with Crippen molar-refractivity contribution < 1.29 is 22.7 Å². The molecule has 0 unspecified atom stereocenters. The summed E-state index contributed by atoms with van der Waals surface area (Å²) in [6.07, 6.45) is -0.123. The standard InChI is InChI=1S/C15H17NO5S/c1-16(11-6-7-22(19,20)9-11)14(17)13-8-10-4-2-3-5-12(10)15(18)21-13/h2-5,11,13H,6-9H2,1H3/t11-,13+/m1/s1. The molecular formula is C15H17NO5S. The zero-order chi connectivity index (χ0) is 15.9. The van der Waals surface area contributed by atoms with Gasteiger partial charge in [-0.3, -0.25) is 4.79 Å². The molecule has 0 spiro atoms. The summed E-state index contributed by atoms with van der Waals surface area (Å²) < 4.78 is 28.3. The number of sulfone groups is 1. The second-order valence-electron chi connectivity index (χ2n) is 5.76. The van der Waals surface area contributed by atoms with E-state index in [1.165, 1.54) is 4.90 Å². The average molecular weight is 323 g/mol. The van der Waals surface area contributed by atoms with Gasteiger partial charge in [-0.2, -0.15) is 0 Å². The van der Waals surface area contributed by atoms with Crippen molar-refractivity contribution in [2.75, 3.05) is 18.6 Å². The lowest BCUT2D eigenvalue weighted by Crippen LogP contribution is -2.47. The number of carbonyl (C=O) groups is 2. The molecule has 118 valence electrons. The molecule has 0 saturated carbocycles. The third-order valence-corrected chi connectivity index (χ3v) is 6.02. The highest BCUT2D eigenvalue weighted by Crippen LogP contribution is 2.23. The lowest BCUT2D eigenvalue weighted by Gasteiger charge is -2.30. The van der Waals surface area contributed by atoms with Crippen molar-refractivity contribution in [3.05, 3.63) is 35.4 Å². The minimum atomic E-state index is -3.07. The van der Waals surface area contributed by atoms with Gasteiger partial charge < -0.3 is 9.64 Å². The molecule has 1 amide bonds. The van der Waals surface area contributed by atoms with E-state index in [1.807, 2.05) is 6.07 Å². The van der Waals surface area contributed by atoms with Gasteiger partial charge in [0.25, 0.3) is 5.91 Å². The van der Waals surface area contributed by atoms with E-state index in [1.54, 1.807) is 25.2 Å². The van der Waals surface area contributed by atoms with Gasteiger partial charge in [0.15, 0.2) is 15.9 Å². The molecule has 7 heteroatoms. The molecule has 1 aromatic rings. The van der Waals surface area contributed by atoms with Crippen LogP contribution in [0, 0.1) is 0 Å². The summed E-state index contributed by atoms with van der Waals surface area (Å²) >= 11 is 0. The highest BCUT2D eigenvalue weighted by atomic mass is 32.2. The molecule has 0 bridgehead atoms. The molecule has 1 aromatic carbocycles. The fraction of sp³-hybridized carbons (Fsp3) is 0.467. The van der Waals surface area contributed by atoms with Gasteiger partial charge in [-0.05, 0) is 18.1 Å². The molecule has 22 heavy (non-hydrogen) atoms. The molecular weight excluding hydrogens is 306 g/mol. The van der Waals surface area contributed by atoms with E-state index in [2.05, 4.69) is 0 Å². The average Bonchev–Trinajstić information content (AvgIpc) is 2.86. The SMILES string of the molecule is CN(C(=O)[C@@H]1Cc2ccccc2C(=O)O1)[C@@H]1CCS(=O)(=O)C1. The predicted octanol–water partition coefficient (Wildman–Crippen LogP) is 0.414. The zero-order valence-electron chi connectivity index (χ0n) is 12.2. The molecule has 0 aromatic heterocycles. The van der Waals surface area contributed by atoms with Crippen molar-refractivity contribution >= 4 is 21.7 Å². The highest BCUT2D eigenvalue weighted by Gasteiger charge is 2.38. The number of hydrogen-bond donors (Lipinski definition) is 0. The van der Waals surface area contributed by atoms with Crippen LogP contribution >= 0.6 is 0 Å². The Morgan fingerprint density at radius 2 is 2.05 bits per heavy atom. The van der Waals surface area contributed by atoms with E-state index in [9.17, 15) is 18.0 Å². The van der Waals surface area contributed by atoms with Crippen molar-refractivity contribution in [2.24, 2.45) is 0 Å². The van der Waals surface area contributed by atoms with E-state index >= 15 is 0 Å². The lowest BCUT2D eigenvalue weighted by atomic mass is 9.98. The fourth-order valence-electron chi connectivity index (χ4n) is 2.96. The molecule has 2 aliphatic rings. The Labute approximate surface area is 129 Å². The van der Waals surface area contributed by atoms with Gasteiger partial charge >= 0.3 is 5.97 Å². The molecule has 0 aliphatic carbocycles. The third kappa shape index (κ3) is 2.72. The number of nitrogens with zero attached hydrogens (tertiary/aromatic N) is 1. The molecule has 1 fully saturated rings. The number of cyclic esters (lactones) is 1. The quantitative estimate of drug-likeness (QED) is 0.737. The van der Waals surface area contributed by atoms with Crippen LogP contribution in [0.4, 0.5) is 0 Å². The first-order chi connectivity index (χ1) is 10.4. The molecule has 1 saturated heterocycles. The van der Waals surface area contributed by atoms with E-state index in [-0.39, 0.29) is 23.5 Å². The van der Waals surface area contributed by atoms with Crippen LogP contribution in [0.1, 0.15) is 22.3 Å². The van der Waals surface area contributed by atoms with Gasteiger partial charge in [-0.15, -0.1) is 0 Å². The van der Waals surface area contributed by atoms with Crippen LogP contribution in [0.5, 0.6) is 0 Å². The van der Waals surface area contributed by atoms with E-state index in [4.69, 9.17) is 4.74 Å². The minimum Gasteiger partial charge on any atom is -0.448 e. The summed E-state index contributed by atoms with van der Waals surface area (Å²) in [6.45, 7) is 0. The number of rotatable bonds is 2. The Morgan fingerprint density at radius 3 is 2.73 bits per heavy atom. The number of carbonyl (C=O) groups excluding carboxylic acids is 2. The van der Waals surface area contributed by atoms with Crippen LogP contribution in [-0.2, 0) is 25.8 Å². The highest BCUT2D eigenvalue weighted by molar-refractivity contribution is 7.91. The second-order valence-corrected chi connectivity index (χ2v) is 7.99. The maximum absolute atomic E-state index is 12.5. The Bertz CT molecular complexity index is 727. The van der Waals surface area contributed by atoms with Gasteiger partial charge in [0.05, 0.1) is 17.1 Å². The van der Waals surface area contributed by atoms with Gasteiger partial charge in [0.1, 0.15) is 0 Å². The smallest absolute Gasteiger partial charge is 0.339 e. The monoisotopic (exact) mass is 323 g/mol. The van der Waals surface area contributed by atoms with E-state index < -0.39 is 21.9 Å². The van der Waals surface area contributed by atoms with Crippen LogP contribution in [0.25, 0.3) is 0 Å². The number of likely N-dealkylation sites (N-methyl/N-ethyl adjacent to an activating group) is 1. The zero-order valence-corrected chi connectivity index (χ0v) is 13.0. The summed E-state index contributed by atoms with van der Waals surface area (Å²) in [4.78, 5) is 25.9. The van der Waals surface area contributed by atoms with Gasteiger partial charge in [-0.1, -0.05) is 18.2 Å². The Morgan fingerprint density at radius 1 is 1.32 bits per heavy atom. The van der Waals surface area contributed by atoms with Crippen LogP contribution in [0.15, 0.2) is 24.3 Å². The molecule has 0 N–H and O–H groups in total. The summed E-state index contributed by atoms with van der Waals surface area (Å²) in [5, 5.41) is 0. The van der Waals surface area contributed by atoms with Crippen LogP contribution in [0.3, 0.4) is 0 Å². The van der Waals surface area contributed by atoms with Gasteiger partial charge in [0, 0.05) is 19.5 Å². The lowest BCUT2D eigenvalue weighted by molar-refractivity contribution is -0.141. The van der Waals surface area contributed by atoms with Crippen LogP contribution < -0.4 is 0 Å². The van der Waals surface area contributed by atoms with E-state index in [0.717, 1.165) is 5.56 Å². The first kappa shape index (κ1) is 15.0. The largest absolute Gasteiger partial charge is 0.448 e. The molecule has 3 rings (SSSR count). The van der Waals surface area contributed by atoms with Crippen molar-refractivity contribution in [2.45, 2.75) is 25.0 Å². The van der Waals surface area contributed by atoms with Gasteiger partial charge in [0.2, 0.25) is 0 Å². The van der Waals surface area contributed by atoms with Crippen LogP contribution in [0.2, 0.25) is 0 Å². The van der Waals surface area contributed by atoms with Crippen molar-refractivity contribution in [1.82, 2.24) is 4.90 Å². The van der Waals surface area contributed by atoms with E-state index in [0.29, 0.717) is 18.4 Å². The van der Waals surface area contributed by atoms with Gasteiger partial charge in [-0.25, -0.2) is 13.2 Å². The molecule has 6 nitrogen and oxygen atoms in total. The van der Waals surface area contributed by atoms with Crippen molar-refractivity contribution in [1.29, 1.82) is 0 Å². The summed E-state index contributed by atoms with van der Waals surface area (Å²) in [5.41, 5.74) is 1.27. The first-order valence-electron chi connectivity index (χ1n) is 7.13. The van der Waals surface area contributed by atoms with Crippen LogP contribution in [-0.4, -0.2) is 55.9 Å². The normalized spacial score (nSPS) is 26.1. The first-order valence-corrected chi connectivity index (χ1v) is 8.95. The Kier molecular flexibility index (Phi) is 3.68. The predicted molar refractivity (Wildman–Crippen MR) is 79.2 cm³/mol. The maximum Gasteiger partial charge on any atom is 0.339 e. The minimum absolute atomic E-state index is 0.0213.